The lowest BCUT2D eigenvalue weighted by Gasteiger charge is -2.10. The van der Waals surface area contributed by atoms with Gasteiger partial charge in [0.2, 0.25) is 15.9 Å². The first-order valence-corrected chi connectivity index (χ1v) is 10.3. The summed E-state index contributed by atoms with van der Waals surface area (Å²) in [4.78, 5) is 11.9. The summed E-state index contributed by atoms with van der Waals surface area (Å²) in [5.74, 6) is -0.406. The zero-order valence-corrected chi connectivity index (χ0v) is 16.2. The summed E-state index contributed by atoms with van der Waals surface area (Å²) < 4.78 is 44.2. The summed E-state index contributed by atoms with van der Waals surface area (Å²) in [5, 5.41) is 2.81. The highest BCUT2D eigenvalue weighted by Crippen LogP contribution is 2.25. The van der Waals surface area contributed by atoms with Gasteiger partial charge in [0.05, 0.1) is 23.8 Å². The molecule has 0 aliphatic rings. The van der Waals surface area contributed by atoms with Crippen LogP contribution in [0.5, 0.6) is 5.75 Å². The van der Waals surface area contributed by atoms with Crippen molar-refractivity contribution in [1.82, 2.24) is 0 Å². The molecule has 0 aromatic heterocycles. The van der Waals surface area contributed by atoms with Gasteiger partial charge in [0, 0.05) is 11.4 Å². The van der Waals surface area contributed by atoms with Gasteiger partial charge < -0.3 is 10.1 Å². The average molecular weight is 415 g/mol. The molecule has 0 radical (unpaired) electrons. The number of hydrogen-bond donors (Lipinski definition) is 2. The first kappa shape index (κ1) is 21.0. The number of nitrogens with one attached hydrogen (secondary N) is 2. The molecule has 0 saturated carbocycles. The molecular formula is C18H20ClFN2O4S. The SMILES string of the molecule is CCCS(=O)(=O)Nc1ccc(NC(=O)CCOc2ccc(F)cc2Cl)cc1. The third kappa shape index (κ3) is 7.07. The molecule has 0 spiro atoms. The molecule has 0 heterocycles. The molecule has 2 rings (SSSR count). The molecule has 2 aromatic carbocycles. The minimum absolute atomic E-state index is 0.0452. The first-order valence-electron chi connectivity index (χ1n) is 8.27. The third-order valence-corrected chi connectivity index (χ3v) is 5.18. The average Bonchev–Trinajstić information content (AvgIpc) is 2.58. The van der Waals surface area contributed by atoms with Crippen LogP contribution < -0.4 is 14.8 Å². The van der Waals surface area contributed by atoms with E-state index in [1.54, 1.807) is 31.2 Å². The second-order valence-corrected chi connectivity index (χ2v) is 7.97. The Morgan fingerprint density at radius 2 is 1.81 bits per heavy atom. The maximum Gasteiger partial charge on any atom is 0.232 e. The third-order valence-electron chi connectivity index (χ3n) is 3.40. The molecule has 1 amide bonds. The van der Waals surface area contributed by atoms with Gasteiger partial charge in [-0.05, 0) is 48.9 Å². The summed E-state index contributed by atoms with van der Waals surface area (Å²) >= 11 is 5.84. The second-order valence-electron chi connectivity index (χ2n) is 5.72. The molecule has 9 heteroatoms. The smallest absolute Gasteiger partial charge is 0.232 e. The van der Waals surface area contributed by atoms with Crippen molar-refractivity contribution >= 4 is 38.9 Å². The molecule has 0 atom stereocenters. The van der Waals surface area contributed by atoms with Gasteiger partial charge in [0.15, 0.2) is 0 Å². The van der Waals surface area contributed by atoms with Crippen LogP contribution in [0.1, 0.15) is 19.8 Å². The van der Waals surface area contributed by atoms with Gasteiger partial charge in [-0.25, -0.2) is 12.8 Å². The van der Waals surface area contributed by atoms with Crippen LogP contribution in [-0.4, -0.2) is 26.7 Å². The minimum Gasteiger partial charge on any atom is -0.491 e. The highest BCUT2D eigenvalue weighted by atomic mass is 35.5. The van der Waals surface area contributed by atoms with E-state index in [9.17, 15) is 17.6 Å². The van der Waals surface area contributed by atoms with Gasteiger partial charge in [-0.15, -0.1) is 0 Å². The molecule has 2 aromatic rings. The van der Waals surface area contributed by atoms with Gasteiger partial charge in [-0.3, -0.25) is 9.52 Å². The van der Waals surface area contributed by atoms with Gasteiger partial charge >= 0.3 is 0 Å². The van der Waals surface area contributed by atoms with Gasteiger partial charge in [0.25, 0.3) is 0 Å². The maximum absolute atomic E-state index is 13.0. The van der Waals surface area contributed by atoms with Crippen molar-refractivity contribution in [2.75, 3.05) is 22.4 Å². The molecule has 0 fully saturated rings. The summed E-state index contributed by atoms with van der Waals surface area (Å²) in [6, 6.07) is 10.1. The number of amides is 1. The predicted octanol–water partition coefficient (Wildman–Crippen LogP) is 4.04. The Bertz CT molecular complexity index is 889. The molecular weight excluding hydrogens is 395 g/mol. The molecule has 0 bridgehead atoms. The monoisotopic (exact) mass is 414 g/mol. The lowest BCUT2D eigenvalue weighted by molar-refractivity contribution is -0.116. The zero-order chi connectivity index (χ0) is 19.9. The van der Waals surface area contributed by atoms with Crippen molar-refractivity contribution < 1.29 is 22.3 Å². The van der Waals surface area contributed by atoms with Crippen LogP contribution in [-0.2, 0) is 14.8 Å². The number of carbonyl (C=O) groups excluding carboxylic acids is 1. The van der Waals surface area contributed by atoms with Crippen molar-refractivity contribution in [3.63, 3.8) is 0 Å². The van der Waals surface area contributed by atoms with E-state index in [0.717, 1.165) is 6.07 Å². The molecule has 27 heavy (non-hydrogen) atoms. The van der Waals surface area contributed by atoms with Crippen molar-refractivity contribution in [2.45, 2.75) is 19.8 Å². The van der Waals surface area contributed by atoms with Gasteiger partial charge in [0.1, 0.15) is 11.6 Å². The van der Waals surface area contributed by atoms with Crippen LogP contribution in [0, 0.1) is 5.82 Å². The highest BCUT2D eigenvalue weighted by molar-refractivity contribution is 7.92. The van der Waals surface area contributed by atoms with E-state index in [-0.39, 0.29) is 29.7 Å². The number of benzene rings is 2. The Morgan fingerprint density at radius 1 is 1.15 bits per heavy atom. The molecule has 2 N–H and O–H groups in total. The number of ether oxygens (including phenoxy) is 1. The van der Waals surface area contributed by atoms with Crippen molar-refractivity contribution in [1.29, 1.82) is 0 Å². The number of rotatable bonds is 9. The maximum atomic E-state index is 13.0. The normalized spacial score (nSPS) is 11.1. The quantitative estimate of drug-likeness (QED) is 0.648. The Hall–Kier alpha value is -2.32. The number of halogens is 2. The fraction of sp³-hybridized carbons (Fsp3) is 0.278. The van der Waals surface area contributed by atoms with Gasteiger partial charge in [-0.2, -0.15) is 0 Å². The molecule has 146 valence electrons. The Labute approximate surface area is 162 Å². The first-order chi connectivity index (χ1) is 12.8. The van der Waals surface area contributed by atoms with Crippen LogP contribution in [0.2, 0.25) is 5.02 Å². The van der Waals surface area contributed by atoms with Crippen molar-refractivity contribution in [3.8, 4) is 5.75 Å². The fourth-order valence-corrected chi connectivity index (χ4v) is 3.55. The van der Waals surface area contributed by atoms with Crippen LogP contribution in [0.25, 0.3) is 0 Å². The minimum atomic E-state index is -3.35. The highest BCUT2D eigenvalue weighted by Gasteiger charge is 2.09. The Kier molecular flexibility index (Phi) is 7.44. The largest absolute Gasteiger partial charge is 0.491 e. The van der Waals surface area contributed by atoms with E-state index in [1.807, 2.05) is 0 Å². The summed E-state index contributed by atoms with van der Waals surface area (Å²) in [7, 11) is -3.35. The van der Waals surface area contributed by atoms with E-state index >= 15 is 0 Å². The van der Waals surface area contributed by atoms with Crippen LogP contribution in [0.3, 0.4) is 0 Å². The van der Waals surface area contributed by atoms with E-state index in [2.05, 4.69) is 10.0 Å². The van der Waals surface area contributed by atoms with Crippen LogP contribution in [0.15, 0.2) is 42.5 Å². The number of anilines is 2. The van der Waals surface area contributed by atoms with E-state index in [1.165, 1.54) is 12.1 Å². The molecule has 0 saturated heterocycles. The summed E-state index contributed by atoms with van der Waals surface area (Å²) in [6.07, 6.45) is 0.591. The summed E-state index contributed by atoms with van der Waals surface area (Å²) in [5.41, 5.74) is 0.953. The molecule has 6 nitrogen and oxygen atoms in total. The fourth-order valence-electron chi connectivity index (χ4n) is 2.19. The Morgan fingerprint density at radius 3 is 2.44 bits per heavy atom. The zero-order valence-electron chi connectivity index (χ0n) is 14.7. The Balaban J connectivity index is 1.81. The van der Waals surface area contributed by atoms with Crippen LogP contribution >= 0.6 is 11.6 Å². The molecule has 0 aliphatic heterocycles. The number of hydrogen-bond acceptors (Lipinski definition) is 4. The number of carbonyl (C=O) groups is 1. The van der Waals surface area contributed by atoms with Crippen molar-refractivity contribution in [3.05, 3.63) is 53.3 Å². The van der Waals surface area contributed by atoms with E-state index in [4.69, 9.17) is 16.3 Å². The predicted molar refractivity (Wildman–Crippen MR) is 104 cm³/mol. The van der Waals surface area contributed by atoms with E-state index in [0.29, 0.717) is 23.5 Å². The standard InChI is InChI=1S/C18H20ClFN2O4S/c1-2-11-27(24,25)22-15-6-4-14(5-7-15)21-18(23)9-10-26-17-8-3-13(20)12-16(17)19/h3-8,12,22H,2,9-11H2,1H3,(H,21,23). The van der Waals surface area contributed by atoms with E-state index < -0.39 is 15.8 Å². The van der Waals surface area contributed by atoms with Crippen molar-refractivity contribution in [2.24, 2.45) is 0 Å². The lowest BCUT2D eigenvalue weighted by Crippen LogP contribution is -2.17. The lowest BCUT2D eigenvalue weighted by atomic mass is 10.3. The topological polar surface area (TPSA) is 84.5 Å². The molecule has 0 aliphatic carbocycles. The van der Waals surface area contributed by atoms with Crippen LogP contribution in [0.4, 0.5) is 15.8 Å². The second kappa shape index (κ2) is 9.57. The number of sulfonamides is 1. The summed E-state index contributed by atoms with van der Waals surface area (Å²) in [6.45, 7) is 1.86. The molecule has 0 unspecified atom stereocenters. The van der Waals surface area contributed by atoms with Gasteiger partial charge in [-0.1, -0.05) is 18.5 Å².